The van der Waals surface area contributed by atoms with Gasteiger partial charge in [-0.2, -0.15) is 0 Å². The third-order valence-corrected chi connectivity index (χ3v) is 4.59. The quantitative estimate of drug-likeness (QED) is 0.898. The van der Waals surface area contributed by atoms with E-state index >= 15 is 0 Å². The van der Waals surface area contributed by atoms with Crippen molar-refractivity contribution in [1.82, 2.24) is 19.8 Å². The summed E-state index contributed by atoms with van der Waals surface area (Å²) in [5.41, 5.74) is 1.01. The number of ether oxygens (including phenoxy) is 1. The van der Waals surface area contributed by atoms with Crippen LogP contribution >= 0.6 is 0 Å². The lowest BCUT2D eigenvalue weighted by Crippen LogP contribution is -2.39. The number of imidazole rings is 1. The molecule has 1 aliphatic heterocycles. The Morgan fingerprint density at radius 2 is 2.04 bits per heavy atom. The van der Waals surface area contributed by atoms with Gasteiger partial charge in [0.1, 0.15) is 5.60 Å². The van der Waals surface area contributed by atoms with Crippen LogP contribution in [-0.2, 0) is 17.7 Å². The monoisotopic (exact) mass is 336 g/mol. The molecule has 0 aliphatic carbocycles. The summed E-state index contributed by atoms with van der Waals surface area (Å²) in [6, 6.07) is 0. The molecule has 136 valence electrons. The second-order valence-corrected chi connectivity index (χ2v) is 8.31. The van der Waals surface area contributed by atoms with Crippen LogP contribution in [0, 0.1) is 5.41 Å². The van der Waals surface area contributed by atoms with Crippen LogP contribution in [0.3, 0.4) is 0 Å². The highest BCUT2D eigenvalue weighted by Crippen LogP contribution is 2.32. The van der Waals surface area contributed by atoms with Crippen molar-refractivity contribution < 1.29 is 9.53 Å². The molecule has 6 heteroatoms. The fourth-order valence-electron chi connectivity index (χ4n) is 3.03. The maximum atomic E-state index is 11.7. The van der Waals surface area contributed by atoms with Crippen LogP contribution in [0.1, 0.15) is 46.2 Å². The summed E-state index contributed by atoms with van der Waals surface area (Å²) >= 11 is 0. The second-order valence-electron chi connectivity index (χ2n) is 8.31. The molecule has 0 radical (unpaired) electrons. The number of rotatable bonds is 5. The van der Waals surface area contributed by atoms with Gasteiger partial charge in [0.15, 0.2) is 0 Å². The van der Waals surface area contributed by atoms with Crippen LogP contribution in [0.15, 0.2) is 12.5 Å². The molecule has 0 saturated carbocycles. The molecule has 1 aliphatic rings. The molecule has 0 unspecified atom stereocenters. The lowest BCUT2D eigenvalue weighted by Gasteiger charge is -2.38. The smallest absolute Gasteiger partial charge is 0.407 e. The Morgan fingerprint density at radius 1 is 1.38 bits per heavy atom. The number of carbonyl (C=O) groups is 1. The maximum absolute atomic E-state index is 11.7. The van der Waals surface area contributed by atoms with Crippen LogP contribution in [0.4, 0.5) is 4.79 Å². The highest BCUT2D eigenvalue weighted by molar-refractivity contribution is 5.67. The fourth-order valence-corrected chi connectivity index (χ4v) is 3.03. The molecule has 2 heterocycles. The van der Waals surface area contributed by atoms with Crippen molar-refractivity contribution in [3.63, 3.8) is 0 Å². The van der Waals surface area contributed by atoms with E-state index < -0.39 is 5.60 Å². The number of carbonyl (C=O) groups excluding carboxylic acids is 1. The highest BCUT2D eigenvalue weighted by Gasteiger charge is 2.29. The molecule has 1 aromatic heterocycles. The van der Waals surface area contributed by atoms with Gasteiger partial charge in [-0.3, -0.25) is 0 Å². The number of nitrogens with zero attached hydrogens (tertiary/aromatic N) is 3. The molecule has 2 rings (SSSR count). The van der Waals surface area contributed by atoms with Gasteiger partial charge in [-0.15, -0.1) is 0 Å². The molecule has 0 spiro atoms. The first kappa shape index (κ1) is 18.8. The first-order chi connectivity index (χ1) is 11.2. The summed E-state index contributed by atoms with van der Waals surface area (Å²) in [5.74, 6) is 0. The summed E-state index contributed by atoms with van der Waals surface area (Å²) < 4.78 is 7.50. The van der Waals surface area contributed by atoms with Gasteiger partial charge in [0.2, 0.25) is 0 Å². The number of nitrogens with one attached hydrogen (secondary N) is 1. The molecule has 1 N–H and O–H groups in total. The third kappa shape index (κ3) is 5.82. The van der Waals surface area contributed by atoms with E-state index in [1.165, 1.54) is 12.8 Å². The van der Waals surface area contributed by atoms with Crippen molar-refractivity contribution in [3.05, 3.63) is 18.2 Å². The summed E-state index contributed by atoms with van der Waals surface area (Å²) in [6.45, 7) is 11.8. The van der Waals surface area contributed by atoms with Gasteiger partial charge in [0.25, 0.3) is 0 Å². The van der Waals surface area contributed by atoms with Crippen molar-refractivity contribution in [1.29, 1.82) is 0 Å². The Hall–Kier alpha value is -1.56. The number of amides is 1. The Labute approximate surface area is 145 Å². The number of alkyl carbamates (subject to hydrolysis) is 1. The minimum Gasteiger partial charge on any atom is -0.444 e. The van der Waals surface area contributed by atoms with Gasteiger partial charge in [0, 0.05) is 31.4 Å². The predicted molar refractivity (Wildman–Crippen MR) is 95.0 cm³/mol. The summed E-state index contributed by atoms with van der Waals surface area (Å²) in [7, 11) is 2.19. The van der Waals surface area contributed by atoms with Gasteiger partial charge >= 0.3 is 6.09 Å². The van der Waals surface area contributed by atoms with E-state index in [1.54, 1.807) is 0 Å². The lowest BCUT2D eigenvalue weighted by atomic mass is 9.80. The molecule has 0 atom stereocenters. The van der Waals surface area contributed by atoms with Crippen molar-refractivity contribution >= 4 is 6.09 Å². The number of hydrogen-bond acceptors (Lipinski definition) is 4. The number of hydrogen-bond donors (Lipinski definition) is 1. The average Bonchev–Trinajstić information content (AvgIpc) is 2.87. The lowest BCUT2D eigenvalue weighted by molar-refractivity contribution is 0.0528. The maximum Gasteiger partial charge on any atom is 0.407 e. The Balaban J connectivity index is 1.83. The Kier molecular flexibility index (Phi) is 5.91. The van der Waals surface area contributed by atoms with Crippen LogP contribution < -0.4 is 5.32 Å². The van der Waals surface area contributed by atoms with Crippen molar-refractivity contribution in [2.75, 3.05) is 26.7 Å². The third-order valence-electron chi connectivity index (χ3n) is 4.59. The van der Waals surface area contributed by atoms with Crippen molar-refractivity contribution in [2.45, 2.75) is 59.1 Å². The first-order valence-corrected chi connectivity index (χ1v) is 8.81. The summed E-state index contributed by atoms with van der Waals surface area (Å²) in [4.78, 5) is 18.4. The fraction of sp³-hybridized carbons (Fsp3) is 0.778. The molecule has 1 fully saturated rings. The molecule has 0 bridgehead atoms. The molecule has 1 aromatic rings. The van der Waals surface area contributed by atoms with Gasteiger partial charge < -0.3 is 19.5 Å². The molecule has 1 saturated heterocycles. The molecule has 6 nitrogen and oxygen atoms in total. The van der Waals surface area contributed by atoms with E-state index in [9.17, 15) is 4.79 Å². The van der Waals surface area contributed by atoms with E-state index in [1.807, 2.05) is 33.3 Å². The van der Waals surface area contributed by atoms with E-state index in [0.717, 1.165) is 31.7 Å². The van der Waals surface area contributed by atoms with E-state index in [-0.39, 0.29) is 6.09 Å². The normalized spacial score (nSPS) is 18.4. The zero-order valence-corrected chi connectivity index (χ0v) is 15.8. The topological polar surface area (TPSA) is 59.4 Å². The van der Waals surface area contributed by atoms with Crippen molar-refractivity contribution in [2.24, 2.45) is 5.41 Å². The Morgan fingerprint density at radius 3 is 2.67 bits per heavy atom. The SMILES string of the molecule is CN1CCC(C)(Cn2cncc2CCNC(=O)OC(C)(C)C)CC1. The Bertz CT molecular complexity index is 539. The number of piperidine rings is 1. The second kappa shape index (κ2) is 7.55. The molecule has 24 heavy (non-hydrogen) atoms. The van der Waals surface area contributed by atoms with E-state index in [0.29, 0.717) is 12.0 Å². The van der Waals surface area contributed by atoms with Crippen LogP contribution in [0.5, 0.6) is 0 Å². The first-order valence-electron chi connectivity index (χ1n) is 8.81. The summed E-state index contributed by atoms with van der Waals surface area (Å²) in [5, 5.41) is 2.81. The van der Waals surface area contributed by atoms with Crippen LogP contribution in [0.2, 0.25) is 0 Å². The average molecular weight is 336 g/mol. The van der Waals surface area contributed by atoms with Gasteiger partial charge in [-0.05, 0) is 59.2 Å². The standard InChI is InChI=1S/C18H32N4O2/c1-17(2,3)24-16(23)20-9-6-15-12-19-14-22(15)13-18(4)7-10-21(5)11-8-18/h12,14H,6-11,13H2,1-5H3,(H,20,23). The van der Waals surface area contributed by atoms with E-state index in [2.05, 4.69) is 33.7 Å². The van der Waals surface area contributed by atoms with Gasteiger partial charge in [0.05, 0.1) is 6.33 Å². The zero-order chi connectivity index (χ0) is 17.8. The molecular weight excluding hydrogens is 304 g/mol. The number of aromatic nitrogens is 2. The largest absolute Gasteiger partial charge is 0.444 e. The van der Waals surface area contributed by atoms with Gasteiger partial charge in [-0.25, -0.2) is 9.78 Å². The minimum absolute atomic E-state index is 0.320. The van der Waals surface area contributed by atoms with Crippen LogP contribution in [0.25, 0.3) is 0 Å². The highest BCUT2D eigenvalue weighted by atomic mass is 16.6. The van der Waals surface area contributed by atoms with Crippen LogP contribution in [-0.4, -0.2) is 52.8 Å². The summed E-state index contributed by atoms with van der Waals surface area (Å²) in [6.07, 6.45) is 6.61. The molecule has 1 amide bonds. The molecule has 0 aromatic carbocycles. The predicted octanol–water partition coefficient (Wildman–Crippen LogP) is 2.68. The molecular formula is C18H32N4O2. The van der Waals surface area contributed by atoms with Crippen molar-refractivity contribution in [3.8, 4) is 0 Å². The number of likely N-dealkylation sites (tertiary alicyclic amines) is 1. The van der Waals surface area contributed by atoms with Gasteiger partial charge in [-0.1, -0.05) is 6.92 Å². The minimum atomic E-state index is -0.464. The zero-order valence-electron chi connectivity index (χ0n) is 15.8. The van der Waals surface area contributed by atoms with E-state index in [4.69, 9.17) is 4.74 Å².